The van der Waals surface area contributed by atoms with E-state index in [0.717, 1.165) is 3.79 Å². The van der Waals surface area contributed by atoms with Crippen LogP contribution in [0.4, 0.5) is 0 Å². The third-order valence-electron chi connectivity index (χ3n) is 4.23. The number of aliphatic carboxylic acids is 1. The number of carbonyl (C=O) groups is 2. The van der Waals surface area contributed by atoms with Crippen LogP contribution in [-0.2, 0) is 9.53 Å². The van der Waals surface area contributed by atoms with E-state index >= 15 is 0 Å². The van der Waals surface area contributed by atoms with E-state index in [-0.39, 0.29) is 18.4 Å². The molecule has 0 aliphatic carbocycles. The van der Waals surface area contributed by atoms with Crippen LogP contribution in [0.5, 0.6) is 0 Å². The fourth-order valence-corrected chi connectivity index (χ4v) is 4.19. The minimum absolute atomic E-state index is 0.0954. The highest BCUT2D eigenvalue weighted by atomic mass is 79.9. The Morgan fingerprint density at radius 3 is 2.95 bits per heavy atom. The molecule has 0 saturated carbocycles. The highest BCUT2D eigenvalue weighted by molar-refractivity contribution is 9.11. The first-order valence-corrected chi connectivity index (χ1v) is 8.05. The predicted molar refractivity (Wildman–Crippen MR) is 76.9 cm³/mol. The molecule has 0 unspecified atom stereocenters. The number of fused-ring (bicyclic) bond motifs is 1. The summed E-state index contributed by atoms with van der Waals surface area (Å²) in [6.07, 6.45) is 0.476. The largest absolute Gasteiger partial charge is 0.481 e. The zero-order chi connectivity index (χ0) is 14.3. The van der Waals surface area contributed by atoms with Crippen LogP contribution < -0.4 is 0 Å². The van der Waals surface area contributed by atoms with Gasteiger partial charge in [0, 0.05) is 31.0 Å². The Hall–Kier alpha value is -0.920. The number of halogens is 1. The number of carboxylic acid groups (broad SMARTS) is 1. The molecule has 0 aromatic carbocycles. The Bertz CT molecular complexity index is 560. The van der Waals surface area contributed by atoms with Gasteiger partial charge in [0.2, 0.25) is 0 Å². The average molecular weight is 360 g/mol. The number of nitrogens with zero attached hydrogens (tertiary/aromatic N) is 1. The third-order valence-corrected chi connectivity index (χ3v) is 5.74. The molecule has 0 bridgehead atoms. The highest BCUT2D eigenvalue weighted by Gasteiger charge is 2.54. The van der Waals surface area contributed by atoms with Gasteiger partial charge in [-0.1, -0.05) is 0 Å². The van der Waals surface area contributed by atoms with Gasteiger partial charge in [-0.05, 0) is 28.4 Å². The molecule has 0 spiro atoms. The van der Waals surface area contributed by atoms with E-state index in [1.54, 1.807) is 16.3 Å². The van der Waals surface area contributed by atoms with E-state index in [1.807, 2.05) is 0 Å². The molecule has 1 aromatic heterocycles. The number of hydrogen-bond donors (Lipinski definition) is 1. The van der Waals surface area contributed by atoms with Crippen molar-refractivity contribution in [1.82, 2.24) is 4.90 Å². The molecule has 1 aromatic rings. The Morgan fingerprint density at radius 2 is 2.35 bits per heavy atom. The van der Waals surface area contributed by atoms with Crippen LogP contribution in [0.1, 0.15) is 16.8 Å². The second-order valence-corrected chi connectivity index (χ2v) is 7.60. The van der Waals surface area contributed by atoms with Gasteiger partial charge in [0.05, 0.1) is 21.4 Å². The zero-order valence-electron chi connectivity index (χ0n) is 10.7. The molecule has 20 heavy (non-hydrogen) atoms. The first-order chi connectivity index (χ1) is 9.53. The van der Waals surface area contributed by atoms with E-state index in [1.165, 1.54) is 11.3 Å². The van der Waals surface area contributed by atoms with Crippen molar-refractivity contribution >= 4 is 39.1 Å². The quantitative estimate of drug-likeness (QED) is 0.877. The van der Waals surface area contributed by atoms with Gasteiger partial charge in [-0.15, -0.1) is 11.3 Å². The topological polar surface area (TPSA) is 66.8 Å². The summed E-state index contributed by atoms with van der Waals surface area (Å²) >= 11 is 4.79. The Labute approximate surface area is 128 Å². The summed E-state index contributed by atoms with van der Waals surface area (Å²) in [4.78, 5) is 25.8. The molecule has 7 heteroatoms. The second-order valence-electron chi connectivity index (χ2n) is 5.31. The lowest BCUT2D eigenvalue weighted by atomic mass is 9.74. The van der Waals surface area contributed by atoms with Crippen LogP contribution in [0.2, 0.25) is 0 Å². The fraction of sp³-hybridized carbons (Fsp3) is 0.538. The van der Waals surface area contributed by atoms with Crippen molar-refractivity contribution in [3.05, 3.63) is 20.8 Å². The maximum Gasteiger partial charge on any atom is 0.311 e. The Balaban J connectivity index is 1.84. The molecule has 5 nitrogen and oxygen atoms in total. The van der Waals surface area contributed by atoms with Crippen molar-refractivity contribution in [2.45, 2.75) is 6.42 Å². The van der Waals surface area contributed by atoms with Gasteiger partial charge < -0.3 is 14.7 Å². The normalized spacial score (nSPS) is 29.2. The monoisotopic (exact) mass is 359 g/mol. The molecule has 3 rings (SSSR count). The van der Waals surface area contributed by atoms with Crippen LogP contribution in [-0.4, -0.2) is 48.2 Å². The molecular formula is C13H14BrNO4S. The number of likely N-dealkylation sites (tertiary alicyclic amines) is 1. The number of rotatable bonds is 2. The molecule has 0 radical (unpaired) electrons. The number of ether oxygens (including phenoxy) is 1. The lowest BCUT2D eigenvalue weighted by Crippen LogP contribution is -2.45. The highest BCUT2D eigenvalue weighted by Crippen LogP contribution is 2.43. The van der Waals surface area contributed by atoms with E-state index in [4.69, 9.17) is 4.74 Å². The molecule has 1 N–H and O–H groups in total. The van der Waals surface area contributed by atoms with Gasteiger partial charge in [0.25, 0.3) is 5.91 Å². The van der Waals surface area contributed by atoms with E-state index in [9.17, 15) is 14.7 Å². The fourth-order valence-electron chi connectivity index (χ4n) is 3.06. The summed E-state index contributed by atoms with van der Waals surface area (Å²) in [5.41, 5.74) is -0.219. The zero-order valence-corrected chi connectivity index (χ0v) is 13.1. The van der Waals surface area contributed by atoms with E-state index < -0.39 is 11.4 Å². The number of thiophene rings is 1. The summed E-state index contributed by atoms with van der Waals surface area (Å²) in [6.45, 7) is 1.61. The molecule has 2 aliphatic heterocycles. The minimum atomic E-state index is -0.832. The average Bonchev–Trinajstić information content (AvgIpc) is 3.02. The molecule has 2 saturated heterocycles. The standard InChI is InChI=1S/C13H14BrNO4S/c14-10-3-8(6-20-10)11(16)15-4-9-5-19-2-1-13(9,7-15)12(17)18/h3,6,9H,1-2,4-5,7H2,(H,17,18)/t9-,13+/m0/s1. The molecule has 2 fully saturated rings. The van der Waals surface area contributed by atoms with Gasteiger partial charge in [-0.25, -0.2) is 0 Å². The number of hydrogen-bond acceptors (Lipinski definition) is 4. The molecule has 2 aliphatic rings. The number of amides is 1. The van der Waals surface area contributed by atoms with Crippen LogP contribution >= 0.6 is 27.3 Å². The third kappa shape index (κ3) is 2.17. The van der Waals surface area contributed by atoms with Crippen molar-refractivity contribution in [1.29, 1.82) is 0 Å². The van der Waals surface area contributed by atoms with Crippen molar-refractivity contribution in [2.75, 3.05) is 26.3 Å². The summed E-state index contributed by atoms with van der Waals surface area (Å²) < 4.78 is 6.29. The van der Waals surface area contributed by atoms with Gasteiger partial charge in [-0.3, -0.25) is 9.59 Å². The van der Waals surface area contributed by atoms with Crippen LogP contribution in [0, 0.1) is 11.3 Å². The number of carbonyl (C=O) groups excluding carboxylic acids is 1. The maximum absolute atomic E-state index is 12.4. The summed E-state index contributed by atoms with van der Waals surface area (Å²) in [5.74, 6) is -1.02. The van der Waals surface area contributed by atoms with Gasteiger partial charge >= 0.3 is 5.97 Å². The van der Waals surface area contributed by atoms with Crippen LogP contribution in [0.15, 0.2) is 15.2 Å². The lowest BCUT2D eigenvalue weighted by molar-refractivity contribution is -0.157. The SMILES string of the molecule is O=C(c1csc(Br)c1)N1C[C@H]2COCC[C@@]2(C(=O)O)C1. The van der Waals surface area contributed by atoms with Crippen molar-refractivity contribution in [3.8, 4) is 0 Å². The van der Waals surface area contributed by atoms with Gasteiger partial charge in [-0.2, -0.15) is 0 Å². The molecule has 108 valence electrons. The number of carboxylic acids is 1. The Kier molecular flexibility index (Phi) is 3.60. The molecule has 1 amide bonds. The van der Waals surface area contributed by atoms with Gasteiger partial charge in [0.15, 0.2) is 0 Å². The maximum atomic E-state index is 12.4. The van der Waals surface area contributed by atoms with Gasteiger partial charge in [0.1, 0.15) is 0 Å². The minimum Gasteiger partial charge on any atom is -0.481 e. The predicted octanol–water partition coefficient (Wildman–Crippen LogP) is 2.07. The molecular weight excluding hydrogens is 346 g/mol. The lowest BCUT2D eigenvalue weighted by Gasteiger charge is -2.33. The van der Waals surface area contributed by atoms with Crippen molar-refractivity contribution in [3.63, 3.8) is 0 Å². The van der Waals surface area contributed by atoms with E-state index in [0.29, 0.717) is 31.7 Å². The Morgan fingerprint density at radius 1 is 1.55 bits per heavy atom. The van der Waals surface area contributed by atoms with E-state index in [2.05, 4.69) is 15.9 Å². The summed E-state index contributed by atoms with van der Waals surface area (Å²) in [5, 5.41) is 11.4. The summed E-state index contributed by atoms with van der Waals surface area (Å²) in [6, 6.07) is 1.78. The van der Waals surface area contributed by atoms with Crippen LogP contribution in [0.25, 0.3) is 0 Å². The van der Waals surface area contributed by atoms with Crippen molar-refractivity contribution < 1.29 is 19.4 Å². The second kappa shape index (κ2) is 5.13. The summed E-state index contributed by atoms with van der Waals surface area (Å²) in [7, 11) is 0. The molecule has 2 atom stereocenters. The van der Waals surface area contributed by atoms with Crippen LogP contribution in [0.3, 0.4) is 0 Å². The first kappa shape index (κ1) is 14.0. The smallest absolute Gasteiger partial charge is 0.311 e. The molecule has 3 heterocycles. The first-order valence-electron chi connectivity index (χ1n) is 6.37. The van der Waals surface area contributed by atoms with Crippen molar-refractivity contribution in [2.24, 2.45) is 11.3 Å².